The SMILES string of the molecule is CC1CC(C)(C)N(C(C(=O)O)C(C)C)c2ccccc21. The maximum Gasteiger partial charge on any atom is 0.326 e. The van der Waals surface area contributed by atoms with Gasteiger partial charge in [-0.25, -0.2) is 4.79 Å². The number of nitrogens with zero attached hydrogens (tertiary/aromatic N) is 1. The molecule has 110 valence electrons. The third-order valence-electron chi connectivity index (χ3n) is 4.35. The summed E-state index contributed by atoms with van der Waals surface area (Å²) < 4.78 is 0. The molecule has 1 aromatic rings. The molecule has 0 radical (unpaired) electrons. The number of hydrogen-bond donors (Lipinski definition) is 1. The number of hydrogen-bond acceptors (Lipinski definition) is 2. The molecule has 0 amide bonds. The van der Waals surface area contributed by atoms with E-state index in [1.807, 2.05) is 26.0 Å². The van der Waals surface area contributed by atoms with Crippen molar-refractivity contribution in [2.24, 2.45) is 5.92 Å². The monoisotopic (exact) mass is 275 g/mol. The van der Waals surface area contributed by atoms with Crippen LogP contribution in [0.4, 0.5) is 5.69 Å². The Hall–Kier alpha value is -1.51. The molecule has 20 heavy (non-hydrogen) atoms. The van der Waals surface area contributed by atoms with Gasteiger partial charge in [-0.05, 0) is 43.7 Å². The van der Waals surface area contributed by atoms with Crippen molar-refractivity contribution in [3.63, 3.8) is 0 Å². The topological polar surface area (TPSA) is 40.5 Å². The van der Waals surface area contributed by atoms with Crippen molar-refractivity contribution in [1.29, 1.82) is 0 Å². The average Bonchev–Trinajstić information content (AvgIpc) is 2.32. The van der Waals surface area contributed by atoms with Gasteiger partial charge in [-0.2, -0.15) is 0 Å². The lowest BCUT2D eigenvalue weighted by Crippen LogP contribution is -2.58. The first-order valence-electron chi connectivity index (χ1n) is 7.37. The van der Waals surface area contributed by atoms with Gasteiger partial charge in [0, 0.05) is 11.2 Å². The van der Waals surface area contributed by atoms with Crippen molar-refractivity contribution in [2.75, 3.05) is 4.90 Å². The Kier molecular flexibility index (Phi) is 3.81. The number of para-hydroxylation sites is 1. The van der Waals surface area contributed by atoms with E-state index in [0.29, 0.717) is 5.92 Å². The van der Waals surface area contributed by atoms with Crippen LogP contribution in [-0.4, -0.2) is 22.7 Å². The van der Waals surface area contributed by atoms with Crippen molar-refractivity contribution < 1.29 is 9.90 Å². The van der Waals surface area contributed by atoms with Crippen LogP contribution in [0.25, 0.3) is 0 Å². The van der Waals surface area contributed by atoms with Gasteiger partial charge in [-0.1, -0.05) is 39.0 Å². The smallest absolute Gasteiger partial charge is 0.326 e. The molecule has 1 N–H and O–H groups in total. The molecule has 1 aliphatic heterocycles. The molecule has 1 aromatic carbocycles. The summed E-state index contributed by atoms with van der Waals surface area (Å²) in [6.07, 6.45) is 0.973. The summed E-state index contributed by atoms with van der Waals surface area (Å²) in [5.74, 6) is -0.218. The van der Waals surface area contributed by atoms with Crippen LogP contribution in [0.2, 0.25) is 0 Å². The standard InChI is InChI=1S/C17H25NO2/c1-11(2)15(16(19)20)18-14-9-7-6-8-13(14)12(3)10-17(18,4)5/h6-9,11-12,15H,10H2,1-5H3,(H,19,20). The van der Waals surface area contributed by atoms with E-state index in [0.717, 1.165) is 12.1 Å². The molecule has 2 unspecified atom stereocenters. The normalized spacial score (nSPS) is 22.5. The molecule has 2 atom stereocenters. The molecule has 0 saturated carbocycles. The second-order valence-electron chi connectivity index (χ2n) is 6.87. The quantitative estimate of drug-likeness (QED) is 0.910. The Labute approximate surface area is 121 Å². The maximum atomic E-state index is 11.8. The predicted octanol–water partition coefficient (Wildman–Crippen LogP) is 3.89. The van der Waals surface area contributed by atoms with E-state index in [1.54, 1.807) is 0 Å². The van der Waals surface area contributed by atoms with Crippen molar-refractivity contribution in [3.8, 4) is 0 Å². The first-order valence-corrected chi connectivity index (χ1v) is 7.37. The second kappa shape index (κ2) is 5.12. The molecule has 0 bridgehead atoms. The van der Waals surface area contributed by atoms with Crippen molar-refractivity contribution in [3.05, 3.63) is 29.8 Å². The van der Waals surface area contributed by atoms with Crippen LogP contribution in [-0.2, 0) is 4.79 Å². The third kappa shape index (κ3) is 2.41. The fraction of sp³-hybridized carbons (Fsp3) is 0.588. The maximum absolute atomic E-state index is 11.8. The molecule has 2 rings (SSSR count). The van der Waals surface area contributed by atoms with Crippen molar-refractivity contribution >= 4 is 11.7 Å². The van der Waals surface area contributed by atoms with Crippen molar-refractivity contribution in [2.45, 2.75) is 58.5 Å². The van der Waals surface area contributed by atoms with E-state index >= 15 is 0 Å². The number of carbonyl (C=O) groups is 1. The zero-order valence-electron chi connectivity index (χ0n) is 13.1. The summed E-state index contributed by atoms with van der Waals surface area (Å²) >= 11 is 0. The Balaban J connectivity index is 2.59. The zero-order chi connectivity index (χ0) is 15.1. The third-order valence-corrected chi connectivity index (χ3v) is 4.35. The van der Waals surface area contributed by atoms with E-state index < -0.39 is 12.0 Å². The average molecular weight is 275 g/mol. The van der Waals surface area contributed by atoms with E-state index in [-0.39, 0.29) is 11.5 Å². The van der Waals surface area contributed by atoms with Gasteiger partial charge in [-0.15, -0.1) is 0 Å². The van der Waals surface area contributed by atoms with E-state index in [9.17, 15) is 9.90 Å². The summed E-state index contributed by atoms with van der Waals surface area (Å²) in [6, 6.07) is 7.74. The Morgan fingerprint density at radius 2 is 1.95 bits per heavy atom. The molecular formula is C17H25NO2. The lowest BCUT2D eigenvalue weighted by molar-refractivity contribution is -0.140. The number of carboxylic acids is 1. The number of benzene rings is 1. The van der Waals surface area contributed by atoms with E-state index in [4.69, 9.17) is 0 Å². The van der Waals surface area contributed by atoms with Crippen LogP contribution in [0.3, 0.4) is 0 Å². The Bertz CT molecular complexity index is 507. The lowest BCUT2D eigenvalue weighted by Gasteiger charge is -2.51. The van der Waals surface area contributed by atoms with Crippen LogP contribution in [0, 0.1) is 5.92 Å². The minimum absolute atomic E-state index is 0.0632. The first-order chi connectivity index (χ1) is 9.25. The molecule has 3 heteroatoms. The van der Waals surface area contributed by atoms with Crippen molar-refractivity contribution in [1.82, 2.24) is 0 Å². The van der Waals surface area contributed by atoms with E-state index in [2.05, 4.69) is 37.8 Å². The molecule has 0 spiro atoms. The van der Waals surface area contributed by atoms with Gasteiger partial charge in [0.15, 0.2) is 0 Å². The van der Waals surface area contributed by atoms with Gasteiger partial charge in [0.1, 0.15) is 6.04 Å². The largest absolute Gasteiger partial charge is 0.480 e. The number of anilines is 1. The fourth-order valence-corrected chi connectivity index (χ4v) is 3.63. The van der Waals surface area contributed by atoms with Gasteiger partial charge in [0.2, 0.25) is 0 Å². The van der Waals surface area contributed by atoms with Crippen LogP contribution in [0.5, 0.6) is 0 Å². The lowest BCUT2D eigenvalue weighted by atomic mass is 9.78. The van der Waals surface area contributed by atoms with Crippen LogP contribution in [0.15, 0.2) is 24.3 Å². The summed E-state index contributed by atoms with van der Waals surface area (Å²) in [5, 5.41) is 9.68. The van der Waals surface area contributed by atoms with Crippen LogP contribution < -0.4 is 4.90 Å². The minimum Gasteiger partial charge on any atom is -0.480 e. The van der Waals surface area contributed by atoms with Crippen LogP contribution >= 0.6 is 0 Å². The highest BCUT2D eigenvalue weighted by Gasteiger charge is 2.43. The van der Waals surface area contributed by atoms with Gasteiger partial charge in [0.05, 0.1) is 0 Å². The molecule has 1 aliphatic rings. The number of aliphatic carboxylic acids is 1. The molecule has 0 aromatic heterocycles. The molecular weight excluding hydrogens is 250 g/mol. The highest BCUT2D eigenvalue weighted by atomic mass is 16.4. The number of fused-ring (bicyclic) bond motifs is 1. The second-order valence-corrected chi connectivity index (χ2v) is 6.87. The van der Waals surface area contributed by atoms with Gasteiger partial charge < -0.3 is 10.0 Å². The van der Waals surface area contributed by atoms with Gasteiger partial charge >= 0.3 is 5.97 Å². The summed E-state index contributed by atoms with van der Waals surface area (Å²) in [5.41, 5.74) is 2.19. The summed E-state index contributed by atoms with van der Waals surface area (Å²) in [6.45, 7) is 10.5. The highest BCUT2D eigenvalue weighted by molar-refractivity contribution is 5.80. The van der Waals surface area contributed by atoms with E-state index in [1.165, 1.54) is 5.56 Å². The fourth-order valence-electron chi connectivity index (χ4n) is 3.63. The van der Waals surface area contributed by atoms with Crippen LogP contribution in [0.1, 0.15) is 52.5 Å². The molecule has 0 saturated heterocycles. The minimum atomic E-state index is -0.738. The predicted molar refractivity (Wildman–Crippen MR) is 82.3 cm³/mol. The first kappa shape index (κ1) is 14.9. The molecule has 0 fully saturated rings. The molecule has 1 heterocycles. The van der Waals surface area contributed by atoms with Gasteiger partial charge in [-0.3, -0.25) is 0 Å². The van der Waals surface area contributed by atoms with Gasteiger partial charge in [0.25, 0.3) is 0 Å². The Morgan fingerprint density at radius 3 is 2.50 bits per heavy atom. The summed E-state index contributed by atoms with van der Waals surface area (Å²) in [4.78, 5) is 13.9. The Morgan fingerprint density at radius 1 is 1.35 bits per heavy atom. The number of rotatable bonds is 3. The number of carboxylic acid groups (broad SMARTS) is 1. The summed E-state index contributed by atoms with van der Waals surface area (Å²) in [7, 11) is 0. The highest BCUT2D eigenvalue weighted by Crippen LogP contribution is 2.45. The molecule has 0 aliphatic carbocycles. The molecule has 3 nitrogen and oxygen atoms in total. The zero-order valence-corrected chi connectivity index (χ0v) is 13.1.